The van der Waals surface area contributed by atoms with E-state index in [1.54, 1.807) is 6.07 Å². The molecule has 5 aromatic rings. The molecule has 0 radical (unpaired) electrons. The van der Waals surface area contributed by atoms with Crippen LogP contribution in [0.3, 0.4) is 0 Å². The number of hydrogen-bond acceptors (Lipinski definition) is 0. The zero-order valence-electron chi connectivity index (χ0n) is 16.6. The molecule has 31 heavy (non-hydrogen) atoms. The molecule has 5 aromatic carbocycles. The molecule has 0 amide bonds. The topological polar surface area (TPSA) is 0 Å². The second-order valence-corrected chi connectivity index (χ2v) is 7.73. The van der Waals surface area contributed by atoms with Crippen LogP contribution in [0.15, 0.2) is 109 Å². The molecule has 0 saturated heterocycles. The van der Waals surface area contributed by atoms with E-state index in [0.29, 0.717) is 5.56 Å². The molecule has 0 nitrogen and oxygen atoms in total. The van der Waals surface area contributed by atoms with E-state index in [0.717, 1.165) is 38.7 Å². The fraction of sp³-hybridized carbons (Fsp3) is 0.0714. The summed E-state index contributed by atoms with van der Waals surface area (Å²) in [5.74, 6) is -0.321. The molecule has 1 atom stereocenters. The van der Waals surface area contributed by atoms with Gasteiger partial charge in [-0.1, -0.05) is 103 Å². The third-order valence-corrected chi connectivity index (χ3v) is 5.79. The van der Waals surface area contributed by atoms with Gasteiger partial charge >= 0.3 is 6.18 Å². The van der Waals surface area contributed by atoms with Crippen molar-refractivity contribution < 1.29 is 13.2 Å². The van der Waals surface area contributed by atoms with Crippen LogP contribution in [0.4, 0.5) is 13.2 Å². The van der Waals surface area contributed by atoms with Crippen LogP contribution in [0.2, 0.25) is 0 Å². The lowest BCUT2D eigenvalue weighted by Crippen LogP contribution is -2.09. The molecule has 5 rings (SSSR count). The van der Waals surface area contributed by atoms with Gasteiger partial charge in [-0.3, -0.25) is 0 Å². The van der Waals surface area contributed by atoms with Crippen molar-refractivity contribution in [3.8, 4) is 0 Å². The number of rotatable bonds is 3. The highest BCUT2D eigenvalue weighted by Gasteiger charge is 2.31. The highest BCUT2D eigenvalue weighted by molar-refractivity contribution is 5.88. The van der Waals surface area contributed by atoms with Crippen LogP contribution >= 0.6 is 0 Å². The lowest BCUT2D eigenvalue weighted by Gasteiger charge is -2.22. The average molecular weight is 412 g/mol. The van der Waals surface area contributed by atoms with Crippen LogP contribution in [0, 0.1) is 0 Å². The molecular weight excluding hydrogens is 393 g/mol. The minimum atomic E-state index is -4.39. The van der Waals surface area contributed by atoms with E-state index in [1.807, 2.05) is 78.9 Å². The highest BCUT2D eigenvalue weighted by Crippen LogP contribution is 2.39. The van der Waals surface area contributed by atoms with Crippen LogP contribution < -0.4 is 0 Å². The van der Waals surface area contributed by atoms with Crippen molar-refractivity contribution in [3.63, 3.8) is 0 Å². The van der Waals surface area contributed by atoms with Crippen molar-refractivity contribution in [2.45, 2.75) is 12.1 Å². The summed E-state index contributed by atoms with van der Waals surface area (Å²) in [5, 5.41) is 4.28. The number of halogens is 3. The van der Waals surface area contributed by atoms with Gasteiger partial charge in [0.1, 0.15) is 0 Å². The molecule has 0 heterocycles. The molecule has 0 fully saturated rings. The largest absolute Gasteiger partial charge is 0.416 e. The lowest BCUT2D eigenvalue weighted by atomic mass is 9.81. The Hall–Kier alpha value is -3.59. The summed E-state index contributed by atoms with van der Waals surface area (Å²) in [6.45, 7) is 0. The molecule has 0 spiro atoms. The summed E-state index contributed by atoms with van der Waals surface area (Å²) in [6, 6.07) is 33.9. The van der Waals surface area contributed by atoms with E-state index in [2.05, 4.69) is 6.07 Å². The average Bonchev–Trinajstić information content (AvgIpc) is 2.79. The second kappa shape index (κ2) is 7.59. The van der Waals surface area contributed by atoms with Crippen molar-refractivity contribution in [2.75, 3.05) is 0 Å². The third kappa shape index (κ3) is 3.68. The maximum absolute atomic E-state index is 13.5. The number of hydrogen-bond donors (Lipinski definition) is 0. The van der Waals surface area contributed by atoms with Gasteiger partial charge in [0.15, 0.2) is 0 Å². The molecule has 0 aliphatic heterocycles. The van der Waals surface area contributed by atoms with E-state index >= 15 is 0 Å². The van der Waals surface area contributed by atoms with E-state index in [-0.39, 0.29) is 5.92 Å². The van der Waals surface area contributed by atoms with Gasteiger partial charge in [-0.15, -0.1) is 0 Å². The van der Waals surface area contributed by atoms with Gasteiger partial charge < -0.3 is 0 Å². The Morgan fingerprint density at radius 3 is 1.97 bits per heavy atom. The number of benzene rings is 5. The van der Waals surface area contributed by atoms with E-state index in [9.17, 15) is 13.2 Å². The summed E-state index contributed by atoms with van der Waals surface area (Å²) >= 11 is 0. The molecule has 0 aliphatic carbocycles. The normalized spacial score (nSPS) is 12.9. The Balaban J connectivity index is 1.78. The molecule has 0 N–H and O–H groups in total. The van der Waals surface area contributed by atoms with Crippen molar-refractivity contribution >= 4 is 21.5 Å². The zero-order valence-corrected chi connectivity index (χ0v) is 16.6. The van der Waals surface area contributed by atoms with Crippen molar-refractivity contribution in [1.29, 1.82) is 0 Å². The maximum Gasteiger partial charge on any atom is 0.416 e. The van der Waals surface area contributed by atoms with Crippen molar-refractivity contribution in [1.82, 2.24) is 0 Å². The number of alkyl halides is 3. The molecule has 1 unspecified atom stereocenters. The smallest absolute Gasteiger partial charge is 0.166 e. The first-order valence-corrected chi connectivity index (χ1v) is 10.1. The molecule has 0 saturated carbocycles. The Labute approximate surface area is 178 Å². The van der Waals surface area contributed by atoms with Gasteiger partial charge in [-0.2, -0.15) is 13.2 Å². The number of fused-ring (bicyclic) bond motifs is 2. The molecule has 0 aliphatic rings. The SMILES string of the molecule is FC(F)(F)c1cccc(C(c2ccc3ccccc3c2)c2cccc3ccccc23)c1. The van der Waals surface area contributed by atoms with Crippen molar-refractivity contribution in [2.24, 2.45) is 0 Å². The maximum atomic E-state index is 13.5. The predicted octanol–water partition coefficient (Wildman–Crippen LogP) is 8.19. The predicted molar refractivity (Wildman–Crippen MR) is 120 cm³/mol. The van der Waals surface area contributed by atoms with Crippen LogP contribution in [0.25, 0.3) is 21.5 Å². The van der Waals surface area contributed by atoms with E-state index < -0.39 is 11.7 Å². The first-order chi connectivity index (χ1) is 15.0. The van der Waals surface area contributed by atoms with Gasteiger partial charge in [-0.25, -0.2) is 0 Å². The molecular formula is C28H19F3. The fourth-order valence-corrected chi connectivity index (χ4v) is 4.34. The Bertz CT molecular complexity index is 1380. The Morgan fingerprint density at radius 1 is 0.516 bits per heavy atom. The Kier molecular flexibility index (Phi) is 4.74. The minimum Gasteiger partial charge on any atom is -0.166 e. The monoisotopic (exact) mass is 412 g/mol. The lowest BCUT2D eigenvalue weighted by molar-refractivity contribution is -0.137. The minimum absolute atomic E-state index is 0.321. The second-order valence-electron chi connectivity index (χ2n) is 7.73. The molecule has 3 heteroatoms. The van der Waals surface area contributed by atoms with Gasteiger partial charge in [0.25, 0.3) is 0 Å². The fourth-order valence-electron chi connectivity index (χ4n) is 4.34. The van der Waals surface area contributed by atoms with Gasteiger partial charge in [-0.05, 0) is 44.3 Å². The van der Waals surface area contributed by atoms with Gasteiger partial charge in [0.2, 0.25) is 0 Å². The standard InChI is InChI=1S/C28H19F3/c29-28(30,31)24-12-5-11-22(18-24)27(23-16-15-19-7-1-2-9-21(19)17-23)26-14-6-10-20-8-3-4-13-25(20)26/h1-18,27H. The quantitative estimate of drug-likeness (QED) is 0.262. The summed E-state index contributed by atoms with van der Waals surface area (Å²) in [5.41, 5.74) is 1.96. The zero-order chi connectivity index (χ0) is 21.4. The van der Waals surface area contributed by atoms with Crippen LogP contribution in [-0.4, -0.2) is 0 Å². The highest BCUT2D eigenvalue weighted by atomic mass is 19.4. The van der Waals surface area contributed by atoms with E-state index in [4.69, 9.17) is 0 Å². The van der Waals surface area contributed by atoms with Gasteiger partial charge in [0.05, 0.1) is 5.56 Å². The third-order valence-electron chi connectivity index (χ3n) is 5.79. The Morgan fingerprint density at radius 2 is 1.16 bits per heavy atom. The summed E-state index contributed by atoms with van der Waals surface area (Å²) in [4.78, 5) is 0. The van der Waals surface area contributed by atoms with Crippen LogP contribution in [0.1, 0.15) is 28.2 Å². The summed E-state index contributed by atoms with van der Waals surface area (Å²) in [7, 11) is 0. The summed E-state index contributed by atoms with van der Waals surface area (Å²) in [6.07, 6.45) is -4.39. The van der Waals surface area contributed by atoms with Crippen LogP contribution in [-0.2, 0) is 6.18 Å². The first kappa shape index (κ1) is 19.4. The van der Waals surface area contributed by atoms with Gasteiger partial charge in [0, 0.05) is 5.92 Å². The van der Waals surface area contributed by atoms with E-state index in [1.165, 1.54) is 12.1 Å². The first-order valence-electron chi connectivity index (χ1n) is 10.1. The van der Waals surface area contributed by atoms with Crippen molar-refractivity contribution in [3.05, 3.63) is 131 Å². The molecule has 0 bridgehead atoms. The molecule has 0 aromatic heterocycles. The van der Waals surface area contributed by atoms with Crippen LogP contribution in [0.5, 0.6) is 0 Å². The molecule has 152 valence electrons. The summed E-state index contributed by atoms with van der Waals surface area (Å²) < 4.78 is 40.5.